The van der Waals surface area contributed by atoms with E-state index in [1.54, 1.807) is 7.11 Å². The molecule has 1 aliphatic heterocycles. The molecule has 0 aromatic heterocycles. The molecule has 1 rings (SSSR count). The maximum absolute atomic E-state index is 5.47. The van der Waals surface area contributed by atoms with Crippen molar-refractivity contribution in [3.05, 3.63) is 18.1 Å². The van der Waals surface area contributed by atoms with Crippen molar-refractivity contribution in [1.82, 2.24) is 0 Å². The van der Waals surface area contributed by atoms with Gasteiger partial charge in [-0.3, -0.25) is 0 Å². The Bertz CT molecular complexity index is 224. The molecule has 0 aliphatic carbocycles. The van der Waals surface area contributed by atoms with E-state index in [0.717, 1.165) is 0 Å². The number of hydrogen-bond donors (Lipinski definition) is 0. The van der Waals surface area contributed by atoms with Gasteiger partial charge in [-0.05, 0) is 20.8 Å². The summed E-state index contributed by atoms with van der Waals surface area (Å²) in [5.41, 5.74) is 2.28. The average Bonchev–Trinajstić information content (AvgIpc) is 2.36. The summed E-state index contributed by atoms with van der Waals surface area (Å²) >= 11 is 0. The van der Waals surface area contributed by atoms with Crippen LogP contribution in [0.25, 0.3) is 0 Å². The van der Waals surface area contributed by atoms with Crippen molar-refractivity contribution in [3.8, 4) is 0 Å². The summed E-state index contributed by atoms with van der Waals surface area (Å²) in [7, 11) is 1.61. The normalized spacial score (nSPS) is 32.4. The molecule has 0 bridgehead atoms. The molecule has 1 atom stereocenters. The third-order valence-corrected chi connectivity index (χ3v) is 2.36. The molecule has 0 aromatic rings. The molecule has 1 heterocycles. The summed E-state index contributed by atoms with van der Waals surface area (Å²) in [5, 5.41) is 0. The predicted molar refractivity (Wildman–Crippen MR) is 43.2 cm³/mol. The summed E-state index contributed by atoms with van der Waals surface area (Å²) in [6.07, 6.45) is 0. The van der Waals surface area contributed by atoms with Gasteiger partial charge in [0.05, 0.1) is 7.11 Å². The lowest BCUT2D eigenvalue weighted by Crippen LogP contribution is -2.19. The molecule has 1 unspecified atom stereocenters. The second-order valence-corrected chi connectivity index (χ2v) is 3.36. The average molecular weight is 154 g/mol. The zero-order valence-electron chi connectivity index (χ0n) is 7.52. The Balaban J connectivity index is 2.86. The molecule has 0 amide bonds. The van der Waals surface area contributed by atoms with E-state index in [2.05, 4.69) is 12.3 Å². The van der Waals surface area contributed by atoms with Gasteiger partial charge < -0.3 is 9.47 Å². The number of hydrogen-bond acceptors (Lipinski definition) is 2. The first-order valence-electron chi connectivity index (χ1n) is 3.62. The molecule has 0 saturated carbocycles. The van der Waals surface area contributed by atoms with Gasteiger partial charge in [0, 0.05) is 0 Å². The van der Waals surface area contributed by atoms with Crippen molar-refractivity contribution in [2.24, 2.45) is 0 Å². The Labute approximate surface area is 67.5 Å². The third-order valence-electron chi connectivity index (χ3n) is 2.36. The van der Waals surface area contributed by atoms with Crippen LogP contribution in [0.3, 0.4) is 0 Å². The molecule has 1 saturated heterocycles. The van der Waals surface area contributed by atoms with Crippen molar-refractivity contribution < 1.29 is 9.47 Å². The van der Waals surface area contributed by atoms with Crippen molar-refractivity contribution in [2.45, 2.75) is 32.0 Å². The van der Waals surface area contributed by atoms with Gasteiger partial charge in [-0.1, -0.05) is 12.3 Å². The fourth-order valence-corrected chi connectivity index (χ4v) is 1.24. The van der Waals surface area contributed by atoms with Crippen LogP contribution in [0.15, 0.2) is 18.1 Å². The Morgan fingerprint density at radius 2 is 1.91 bits per heavy atom. The molecular weight excluding hydrogens is 140 g/mol. The Morgan fingerprint density at radius 1 is 1.45 bits per heavy atom. The summed E-state index contributed by atoms with van der Waals surface area (Å²) in [6.45, 7) is 9.55. The molecular formula is C9H14O2. The Hall–Kier alpha value is -0.720. The van der Waals surface area contributed by atoms with E-state index >= 15 is 0 Å². The molecule has 11 heavy (non-hydrogen) atoms. The van der Waals surface area contributed by atoms with E-state index in [9.17, 15) is 0 Å². The van der Waals surface area contributed by atoms with Crippen molar-refractivity contribution in [3.63, 3.8) is 0 Å². The second-order valence-electron chi connectivity index (χ2n) is 3.36. The topological polar surface area (TPSA) is 21.8 Å². The monoisotopic (exact) mass is 154 g/mol. The van der Waals surface area contributed by atoms with Crippen LogP contribution >= 0.6 is 0 Å². The zero-order chi connectivity index (χ0) is 8.70. The number of rotatable bonds is 2. The van der Waals surface area contributed by atoms with Crippen LogP contribution < -0.4 is 0 Å². The summed E-state index contributed by atoms with van der Waals surface area (Å²) in [6, 6.07) is 0. The standard InChI is InChI=1S/C9H14O2/c1-6-7(10-5)9(4)8(2,3)11-9/h1H2,2-5H3. The smallest absolute Gasteiger partial charge is 0.172 e. The molecule has 0 radical (unpaired) electrons. The van der Waals surface area contributed by atoms with Gasteiger partial charge in [-0.25, -0.2) is 0 Å². The number of ether oxygens (including phenoxy) is 2. The zero-order valence-corrected chi connectivity index (χ0v) is 7.52. The minimum Gasteiger partial charge on any atom is -0.490 e. The lowest BCUT2D eigenvalue weighted by Gasteiger charge is -2.09. The first kappa shape index (κ1) is 8.38. The largest absolute Gasteiger partial charge is 0.490 e. The van der Waals surface area contributed by atoms with Gasteiger partial charge >= 0.3 is 0 Å². The van der Waals surface area contributed by atoms with Crippen LogP contribution in [0.4, 0.5) is 0 Å². The quantitative estimate of drug-likeness (QED) is 0.344. The van der Waals surface area contributed by atoms with Crippen LogP contribution in [0, 0.1) is 0 Å². The number of methoxy groups -OCH3 is 1. The predicted octanol–water partition coefficient (Wildman–Crippen LogP) is 1.87. The van der Waals surface area contributed by atoms with E-state index in [-0.39, 0.29) is 11.2 Å². The van der Waals surface area contributed by atoms with Crippen LogP contribution in [0.5, 0.6) is 0 Å². The number of epoxide rings is 1. The first-order chi connectivity index (χ1) is 4.98. The molecule has 0 spiro atoms. The minimum absolute atomic E-state index is 0.136. The van der Waals surface area contributed by atoms with Gasteiger partial charge in [0.25, 0.3) is 0 Å². The highest BCUT2D eigenvalue weighted by Crippen LogP contribution is 2.51. The molecule has 0 N–H and O–H groups in total. The highest BCUT2D eigenvalue weighted by Gasteiger charge is 2.63. The summed E-state index contributed by atoms with van der Waals surface area (Å²) in [4.78, 5) is 0. The molecule has 2 nitrogen and oxygen atoms in total. The van der Waals surface area contributed by atoms with Crippen LogP contribution in [-0.2, 0) is 9.47 Å². The van der Waals surface area contributed by atoms with E-state index in [0.29, 0.717) is 5.76 Å². The van der Waals surface area contributed by atoms with Gasteiger partial charge in [0.15, 0.2) is 11.4 Å². The highest BCUT2D eigenvalue weighted by atomic mass is 16.6. The van der Waals surface area contributed by atoms with Gasteiger partial charge in [0.2, 0.25) is 0 Å². The van der Waals surface area contributed by atoms with Crippen molar-refractivity contribution in [2.75, 3.05) is 7.11 Å². The van der Waals surface area contributed by atoms with Gasteiger partial charge in [-0.2, -0.15) is 0 Å². The summed E-state index contributed by atoms with van der Waals surface area (Å²) < 4.78 is 10.6. The van der Waals surface area contributed by atoms with Crippen LogP contribution in [-0.4, -0.2) is 18.3 Å². The lowest BCUT2D eigenvalue weighted by molar-refractivity contribution is 0.207. The lowest BCUT2D eigenvalue weighted by atomic mass is 9.96. The molecule has 62 valence electrons. The fraction of sp³-hybridized carbons (Fsp3) is 0.667. The molecule has 1 fully saturated rings. The maximum atomic E-state index is 5.47. The van der Waals surface area contributed by atoms with E-state index < -0.39 is 0 Å². The second kappa shape index (κ2) is 2.13. The van der Waals surface area contributed by atoms with Crippen LogP contribution in [0.2, 0.25) is 0 Å². The minimum atomic E-state index is -0.316. The first-order valence-corrected chi connectivity index (χ1v) is 3.62. The molecule has 1 aliphatic rings. The Kier molecular flexibility index (Phi) is 1.62. The fourth-order valence-electron chi connectivity index (χ4n) is 1.24. The highest BCUT2D eigenvalue weighted by molar-refractivity contribution is 5.24. The maximum Gasteiger partial charge on any atom is 0.172 e. The van der Waals surface area contributed by atoms with E-state index in [1.165, 1.54) is 0 Å². The SMILES string of the molecule is C=C=C(OC)C1(C)OC1(C)C. The van der Waals surface area contributed by atoms with Gasteiger partial charge in [0.1, 0.15) is 5.60 Å². The third kappa shape index (κ3) is 0.991. The van der Waals surface area contributed by atoms with Crippen molar-refractivity contribution in [1.29, 1.82) is 0 Å². The molecule has 0 aromatic carbocycles. The molecule has 2 heteroatoms. The van der Waals surface area contributed by atoms with Crippen LogP contribution in [0.1, 0.15) is 20.8 Å². The summed E-state index contributed by atoms with van der Waals surface area (Å²) in [5.74, 6) is 0.683. The van der Waals surface area contributed by atoms with E-state index in [1.807, 2.05) is 20.8 Å². The van der Waals surface area contributed by atoms with Gasteiger partial charge in [-0.15, -0.1) is 0 Å². The van der Waals surface area contributed by atoms with E-state index in [4.69, 9.17) is 9.47 Å². The Morgan fingerprint density at radius 3 is 2.00 bits per heavy atom. The van der Waals surface area contributed by atoms with Crippen molar-refractivity contribution >= 4 is 0 Å².